The quantitative estimate of drug-likeness (QED) is 0.806. The van der Waals surface area contributed by atoms with Crippen LogP contribution in [0.1, 0.15) is 37.0 Å². The number of hydrogen-bond acceptors (Lipinski definition) is 1. The summed E-state index contributed by atoms with van der Waals surface area (Å²) < 4.78 is 26.4. The molecule has 2 rings (SSSR count). The van der Waals surface area contributed by atoms with Gasteiger partial charge in [0.15, 0.2) is 0 Å². The molecule has 1 fully saturated rings. The van der Waals surface area contributed by atoms with Crippen molar-refractivity contribution in [2.45, 2.75) is 32.7 Å². The predicted octanol–water partition coefficient (Wildman–Crippen LogP) is 3.23. The number of rotatable bonds is 4. The summed E-state index contributed by atoms with van der Waals surface area (Å²) in [7, 11) is 0. The van der Waals surface area contributed by atoms with Crippen molar-refractivity contribution >= 4 is 5.91 Å². The second kappa shape index (κ2) is 5.04. The summed E-state index contributed by atoms with van der Waals surface area (Å²) in [5.41, 5.74) is -0.0380. The number of amides is 1. The van der Waals surface area contributed by atoms with Crippen LogP contribution in [0.3, 0.4) is 0 Å². The van der Waals surface area contributed by atoms with Gasteiger partial charge < -0.3 is 4.90 Å². The summed E-state index contributed by atoms with van der Waals surface area (Å²) in [6, 6.07) is 3.33. The van der Waals surface area contributed by atoms with E-state index in [2.05, 4.69) is 0 Å². The highest BCUT2D eigenvalue weighted by Gasteiger charge is 2.34. The fourth-order valence-corrected chi connectivity index (χ4v) is 2.00. The van der Waals surface area contributed by atoms with Gasteiger partial charge in [0.1, 0.15) is 11.6 Å². The fourth-order valence-electron chi connectivity index (χ4n) is 2.00. The number of nitrogens with zero attached hydrogens (tertiary/aromatic N) is 1. The van der Waals surface area contributed by atoms with Gasteiger partial charge in [-0.1, -0.05) is 13.8 Å². The first-order valence-corrected chi connectivity index (χ1v) is 6.25. The molecule has 0 radical (unpaired) electrons. The van der Waals surface area contributed by atoms with Crippen molar-refractivity contribution in [3.05, 3.63) is 35.4 Å². The molecule has 0 unspecified atom stereocenters. The van der Waals surface area contributed by atoms with Gasteiger partial charge in [0, 0.05) is 18.7 Å². The lowest BCUT2D eigenvalue weighted by molar-refractivity contribution is 0.0717. The molecule has 1 aromatic rings. The molecule has 0 bridgehead atoms. The Kier molecular flexibility index (Phi) is 3.64. The Bertz CT molecular complexity index is 455. The van der Waals surface area contributed by atoms with E-state index >= 15 is 0 Å². The van der Waals surface area contributed by atoms with Crippen LogP contribution >= 0.6 is 0 Å². The number of carbonyl (C=O) groups excluding carboxylic acids is 1. The first kappa shape index (κ1) is 13.0. The van der Waals surface area contributed by atoms with Crippen molar-refractivity contribution in [2.24, 2.45) is 5.92 Å². The average Bonchev–Trinajstić information content (AvgIpc) is 3.08. The zero-order valence-corrected chi connectivity index (χ0v) is 10.6. The minimum Gasteiger partial charge on any atom is -0.335 e. The Morgan fingerprint density at radius 1 is 1.39 bits per heavy atom. The molecule has 1 aliphatic rings. The molecule has 2 nitrogen and oxygen atoms in total. The number of hydrogen-bond donors (Lipinski definition) is 0. The van der Waals surface area contributed by atoms with Crippen LogP contribution in [-0.2, 0) is 0 Å². The third-order valence-electron chi connectivity index (χ3n) is 2.97. The van der Waals surface area contributed by atoms with Crippen LogP contribution in [0.15, 0.2) is 18.2 Å². The average molecular weight is 253 g/mol. The zero-order valence-electron chi connectivity index (χ0n) is 10.6. The van der Waals surface area contributed by atoms with Gasteiger partial charge in [0.2, 0.25) is 0 Å². The van der Waals surface area contributed by atoms with Gasteiger partial charge in [-0.25, -0.2) is 8.78 Å². The van der Waals surface area contributed by atoms with Crippen LogP contribution in [0, 0.1) is 17.6 Å². The van der Waals surface area contributed by atoms with Crippen LogP contribution in [0.4, 0.5) is 8.78 Å². The highest BCUT2D eigenvalue weighted by atomic mass is 19.1. The van der Waals surface area contributed by atoms with E-state index in [1.807, 2.05) is 13.8 Å². The number of carbonyl (C=O) groups is 1. The van der Waals surface area contributed by atoms with Gasteiger partial charge in [-0.05, 0) is 30.9 Å². The van der Waals surface area contributed by atoms with Gasteiger partial charge in [0.05, 0.1) is 5.56 Å². The molecule has 18 heavy (non-hydrogen) atoms. The van der Waals surface area contributed by atoms with E-state index < -0.39 is 11.6 Å². The number of benzene rings is 1. The molecule has 0 aromatic heterocycles. The summed E-state index contributed by atoms with van der Waals surface area (Å²) in [6.45, 7) is 4.65. The molecule has 1 saturated carbocycles. The van der Waals surface area contributed by atoms with Gasteiger partial charge in [0.25, 0.3) is 5.91 Å². The van der Waals surface area contributed by atoms with Gasteiger partial charge >= 0.3 is 0 Å². The van der Waals surface area contributed by atoms with Crippen molar-refractivity contribution in [2.75, 3.05) is 6.54 Å². The van der Waals surface area contributed by atoms with E-state index in [0.717, 1.165) is 25.0 Å². The minimum atomic E-state index is -0.783. The fraction of sp³-hybridized carbons (Fsp3) is 0.500. The molecule has 1 amide bonds. The maximum atomic E-state index is 13.6. The lowest BCUT2D eigenvalue weighted by atomic mass is 10.1. The SMILES string of the molecule is CC(C)CN(C(=O)c1ccc(F)cc1F)C1CC1. The van der Waals surface area contributed by atoms with E-state index in [-0.39, 0.29) is 17.5 Å². The molecular weight excluding hydrogens is 236 g/mol. The normalized spacial score (nSPS) is 14.9. The molecule has 0 atom stereocenters. The standard InChI is InChI=1S/C14H17F2NO/c1-9(2)8-17(11-4-5-11)14(18)12-6-3-10(15)7-13(12)16/h3,6-7,9,11H,4-5,8H2,1-2H3. The van der Waals surface area contributed by atoms with E-state index in [0.29, 0.717) is 12.5 Å². The van der Waals surface area contributed by atoms with Gasteiger partial charge in [-0.2, -0.15) is 0 Å². The van der Waals surface area contributed by atoms with Crippen LogP contribution in [-0.4, -0.2) is 23.4 Å². The van der Waals surface area contributed by atoms with E-state index in [1.165, 1.54) is 6.07 Å². The Balaban J connectivity index is 2.22. The highest BCUT2D eigenvalue weighted by molar-refractivity contribution is 5.94. The lowest BCUT2D eigenvalue weighted by Crippen LogP contribution is -2.36. The molecule has 0 N–H and O–H groups in total. The van der Waals surface area contributed by atoms with Gasteiger partial charge in [-0.3, -0.25) is 4.79 Å². The molecular formula is C14H17F2NO. The molecule has 4 heteroatoms. The third-order valence-corrected chi connectivity index (χ3v) is 2.97. The summed E-state index contributed by atoms with van der Waals surface area (Å²) in [6.07, 6.45) is 1.95. The largest absolute Gasteiger partial charge is 0.335 e. The lowest BCUT2D eigenvalue weighted by Gasteiger charge is -2.24. The molecule has 1 aromatic carbocycles. The first-order valence-electron chi connectivity index (χ1n) is 6.25. The molecule has 0 heterocycles. The topological polar surface area (TPSA) is 20.3 Å². The predicted molar refractivity (Wildman–Crippen MR) is 65.3 cm³/mol. The summed E-state index contributed by atoms with van der Waals surface area (Å²) in [4.78, 5) is 14.0. The van der Waals surface area contributed by atoms with E-state index in [9.17, 15) is 13.6 Å². The molecule has 1 aliphatic carbocycles. The molecule has 0 saturated heterocycles. The van der Waals surface area contributed by atoms with Crippen molar-refractivity contribution in [3.63, 3.8) is 0 Å². The second-order valence-electron chi connectivity index (χ2n) is 5.21. The molecule has 0 spiro atoms. The molecule has 0 aliphatic heterocycles. The van der Waals surface area contributed by atoms with Crippen LogP contribution in [0.25, 0.3) is 0 Å². The Labute approximate surface area is 106 Å². The Hall–Kier alpha value is -1.45. The van der Waals surface area contributed by atoms with Crippen LogP contribution < -0.4 is 0 Å². The zero-order chi connectivity index (χ0) is 13.3. The van der Waals surface area contributed by atoms with Crippen molar-refractivity contribution in [3.8, 4) is 0 Å². The van der Waals surface area contributed by atoms with Crippen molar-refractivity contribution in [1.29, 1.82) is 0 Å². The smallest absolute Gasteiger partial charge is 0.257 e. The Morgan fingerprint density at radius 3 is 2.56 bits per heavy atom. The monoisotopic (exact) mass is 253 g/mol. The number of halogens is 2. The summed E-state index contributed by atoms with van der Waals surface area (Å²) in [5.74, 6) is -1.44. The Morgan fingerprint density at radius 2 is 2.06 bits per heavy atom. The minimum absolute atomic E-state index is 0.0380. The van der Waals surface area contributed by atoms with Gasteiger partial charge in [-0.15, -0.1) is 0 Å². The second-order valence-corrected chi connectivity index (χ2v) is 5.21. The molecule has 98 valence electrons. The van der Waals surface area contributed by atoms with E-state index in [1.54, 1.807) is 4.90 Å². The summed E-state index contributed by atoms with van der Waals surface area (Å²) >= 11 is 0. The van der Waals surface area contributed by atoms with Crippen LogP contribution in [0.5, 0.6) is 0 Å². The van der Waals surface area contributed by atoms with Crippen molar-refractivity contribution < 1.29 is 13.6 Å². The maximum Gasteiger partial charge on any atom is 0.257 e. The third kappa shape index (κ3) is 2.86. The maximum absolute atomic E-state index is 13.6. The first-order chi connectivity index (χ1) is 8.49. The van der Waals surface area contributed by atoms with E-state index in [4.69, 9.17) is 0 Å². The van der Waals surface area contributed by atoms with Crippen LogP contribution in [0.2, 0.25) is 0 Å². The van der Waals surface area contributed by atoms with Crippen molar-refractivity contribution in [1.82, 2.24) is 4.90 Å². The summed E-state index contributed by atoms with van der Waals surface area (Å²) in [5, 5.41) is 0. The highest BCUT2D eigenvalue weighted by Crippen LogP contribution is 2.29.